The van der Waals surface area contributed by atoms with Gasteiger partial charge in [0.2, 0.25) is 15.9 Å². The first kappa shape index (κ1) is 15.7. The van der Waals surface area contributed by atoms with Crippen molar-refractivity contribution in [3.63, 3.8) is 0 Å². The van der Waals surface area contributed by atoms with Crippen LogP contribution in [0.3, 0.4) is 0 Å². The molecule has 0 aliphatic rings. The van der Waals surface area contributed by atoms with E-state index in [0.29, 0.717) is 6.54 Å². The Labute approximate surface area is 114 Å². The fraction of sp³-hybridized carbons (Fsp3) is 0.462. The van der Waals surface area contributed by atoms with Gasteiger partial charge in [0.15, 0.2) is 0 Å². The SMILES string of the molecule is CC(=O)N(CCNS(C)(=O)=O)C(C)c1ccccc1. The van der Waals surface area contributed by atoms with Gasteiger partial charge in [0.25, 0.3) is 0 Å². The van der Waals surface area contributed by atoms with Gasteiger partial charge in [0.1, 0.15) is 0 Å². The van der Waals surface area contributed by atoms with Crippen LogP contribution in [0.4, 0.5) is 0 Å². The minimum Gasteiger partial charge on any atom is -0.335 e. The molecule has 0 radical (unpaired) electrons. The lowest BCUT2D eigenvalue weighted by Gasteiger charge is -2.28. The quantitative estimate of drug-likeness (QED) is 0.852. The molecule has 0 saturated heterocycles. The van der Waals surface area contributed by atoms with Crippen molar-refractivity contribution in [2.24, 2.45) is 0 Å². The average Bonchev–Trinajstić information content (AvgIpc) is 2.33. The molecule has 0 heterocycles. The number of amides is 1. The molecule has 0 aliphatic heterocycles. The van der Waals surface area contributed by atoms with Gasteiger partial charge in [0.05, 0.1) is 12.3 Å². The highest BCUT2D eigenvalue weighted by Gasteiger charge is 2.18. The highest BCUT2D eigenvalue weighted by atomic mass is 32.2. The predicted octanol–water partition coefficient (Wildman–Crippen LogP) is 1.15. The Bertz CT molecular complexity index is 514. The zero-order chi connectivity index (χ0) is 14.5. The second-order valence-corrected chi connectivity index (χ2v) is 6.30. The Morgan fingerprint density at radius 1 is 1.32 bits per heavy atom. The van der Waals surface area contributed by atoms with E-state index in [2.05, 4.69) is 4.72 Å². The van der Waals surface area contributed by atoms with E-state index in [0.717, 1.165) is 11.8 Å². The topological polar surface area (TPSA) is 66.5 Å². The Hall–Kier alpha value is -1.40. The van der Waals surface area contributed by atoms with E-state index in [4.69, 9.17) is 0 Å². The minimum absolute atomic E-state index is 0.0772. The maximum absolute atomic E-state index is 11.7. The Balaban J connectivity index is 2.70. The smallest absolute Gasteiger partial charge is 0.219 e. The molecule has 1 aromatic rings. The number of carbonyl (C=O) groups is 1. The van der Waals surface area contributed by atoms with Crippen molar-refractivity contribution in [3.8, 4) is 0 Å². The van der Waals surface area contributed by atoms with E-state index in [9.17, 15) is 13.2 Å². The van der Waals surface area contributed by atoms with Gasteiger partial charge in [-0.05, 0) is 12.5 Å². The molecule has 0 bridgehead atoms. The number of benzene rings is 1. The summed E-state index contributed by atoms with van der Waals surface area (Å²) in [6.45, 7) is 3.98. The van der Waals surface area contributed by atoms with E-state index in [1.54, 1.807) is 4.90 Å². The number of sulfonamides is 1. The van der Waals surface area contributed by atoms with Crippen LogP contribution >= 0.6 is 0 Å². The summed E-state index contributed by atoms with van der Waals surface area (Å²) in [4.78, 5) is 13.3. The first-order valence-electron chi connectivity index (χ1n) is 6.08. The summed E-state index contributed by atoms with van der Waals surface area (Å²) in [5.41, 5.74) is 1.03. The molecule has 6 heteroatoms. The summed E-state index contributed by atoms with van der Waals surface area (Å²) in [7, 11) is -3.22. The standard InChI is InChI=1S/C13H20N2O3S/c1-11(13-7-5-4-6-8-13)15(12(2)16)10-9-14-19(3,17)18/h4-8,11,14H,9-10H2,1-3H3. The maximum atomic E-state index is 11.7. The number of carbonyl (C=O) groups excluding carboxylic acids is 1. The lowest BCUT2D eigenvalue weighted by atomic mass is 10.1. The van der Waals surface area contributed by atoms with Crippen LogP contribution in [0.15, 0.2) is 30.3 Å². The van der Waals surface area contributed by atoms with Gasteiger partial charge in [-0.2, -0.15) is 0 Å². The van der Waals surface area contributed by atoms with Gasteiger partial charge in [0, 0.05) is 20.0 Å². The zero-order valence-corrected chi connectivity index (χ0v) is 12.3. The van der Waals surface area contributed by atoms with E-state index < -0.39 is 10.0 Å². The van der Waals surface area contributed by atoms with E-state index >= 15 is 0 Å². The molecule has 0 saturated carbocycles. The largest absolute Gasteiger partial charge is 0.335 e. The monoisotopic (exact) mass is 284 g/mol. The summed E-state index contributed by atoms with van der Waals surface area (Å²) in [5.74, 6) is -0.0772. The first-order valence-corrected chi connectivity index (χ1v) is 7.97. The Morgan fingerprint density at radius 2 is 1.89 bits per heavy atom. The van der Waals surface area contributed by atoms with Gasteiger partial charge < -0.3 is 4.90 Å². The van der Waals surface area contributed by atoms with Crippen molar-refractivity contribution in [2.45, 2.75) is 19.9 Å². The number of rotatable bonds is 6. The molecule has 0 fully saturated rings. The van der Waals surface area contributed by atoms with Crippen LogP contribution in [-0.4, -0.2) is 38.6 Å². The Kier molecular flexibility index (Phi) is 5.50. The molecule has 1 aromatic carbocycles. The minimum atomic E-state index is -3.22. The molecule has 5 nitrogen and oxygen atoms in total. The van der Waals surface area contributed by atoms with Crippen molar-refractivity contribution in [1.82, 2.24) is 9.62 Å². The van der Waals surface area contributed by atoms with Crippen molar-refractivity contribution >= 4 is 15.9 Å². The zero-order valence-electron chi connectivity index (χ0n) is 11.5. The summed E-state index contributed by atoms with van der Waals surface area (Å²) in [6.07, 6.45) is 1.10. The number of hydrogen-bond acceptors (Lipinski definition) is 3. The van der Waals surface area contributed by atoms with Crippen LogP contribution < -0.4 is 4.72 Å². The molecule has 1 N–H and O–H groups in total. The second-order valence-electron chi connectivity index (χ2n) is 4.47. The summed E-state index contributed by atoms with van der Waals surface area (Å²) < 4.78 is 24.4. The molecule has 1 rings (SSSR count). The summed E-state index contributed by atoms with van der Waals surface area (Å²) in [5, 5.41) is 0. The Morgan fingerprint density at radius 3 is 2.37 bits per heavy atom. The summed E-state index contributed by atoms with van der Waals surface area (Å²) in [6, 6.07) is 9.56. The number of nitrogens with one attached hydrogen (secondary N) is 1. The molecule has 106 valence electrons. The lowest BCUT2D eigenvalue weighted by molar-refractivity contribution is -0.130. The lowest BCUT2D eigenvalue weighted by Crippen LogP contribution is -2.38. The highest BCUT2D eigenvalue weighted by molar-refractivity contribution is 7.88. The van der Waals surface area contributed by atoms with Gasteiger partial charge in [-0.25, -0.2) is 13.1 Å². The van der Waals surface area contributed by atoms with Crippen molar-refractivity contribution < 1.29 is 13.2 Å². The van der Waals surface area contributed by atoms with Gasteiger partial charge >= 0.3 is 0 Å². The van der Waals surface area contributed by atoms with Crippen LogP contribution in [0.2, 0.25) is 0 Å². The predicted molar refractivity (Wildman–Crippen MR) is 75.1 cm³/mol. The van der Waals surface area contributed by atoms with Crippen LogP contribution in [0, 0.1) is 0 Å². The van der Waals surface area contributed by atoms with E-state index in [1.807, 2.05) is 37.3 Å². The molecule has 0 aliphatic carbocycles. The van der Waals surface area contributed by atoms with Crippen LogP contribution in [0.1, 0.15) is 25.5 Å². The summed E-state index contributed by atoms with van der Waals surface area (Å²) >= 11 is 0. The van der Waals surface area contributed by atoms with Gasteiger partial charge in [-0.3, -0.25) is 4.79 Å². The third-order valence-electron chi connectivity index (χ3n) is 2.87. The highest BCUT2D eigenvalue weighted by Crippen LogP contribution is 2.19. The van der Waals surface area contributed by atoms with E-state index in [-0.39, 0.29) is 18.5 Å². The molecular weight excluding hydrogens is 264 g/mol. The number of hydrogen-bond donors (Lipinski definition) is 1. The molecule has 1 amide bonds. The second kappa shape index (κ2) is 6.68. The van der Waals surface area contributed by atoms with Crippen molar-refractivity contribution in [1.29, 1.82) is 0 Å². The molecular formula is C13H20N2O3S. The third kappa shape index (κ3) is 5.40. The normalized spacial score (nSPS) is 13.0. The van der Waals surface area contributed by atoms with Crippen LogP contribution in [-0.2, 0) is 14.8 Å². The molecule has 0 spiro atoms. The van der Waals surface area contributed by atoms with E-state index in [1.165, 1.54) is 6.92 Å². The average molecular weight is 284 g/mol. The number of nitrogens with zero attached hydrogens (tertiary/aromatic N) is 1. The molecule has 1 unspecified atom stereocenters. The fourth-order valence-electron chi connectivity index (χ4n) is 1.89. The molecule has 1 atom stereocenters. The van der Waals surface area contributed by atoms with Crippen LogP contribution in [0.25, 0.3) is 0 Å². The van der Waals surface area contributed by atoms with Gasteiger partial charge in [-0.1, -0.05) is 30.3 Å². The fourth-order valence-corrected chi connectivity index (χ4v) is 2.35. The molecule has 0 aromatic heterocycles. The van der Waals surface area contributed by atoms with Crippen molar-refractivity contribution in [2.75, 3.05) is 19.3 Å². The first-order chi connectivity index (χ1) is 8.81. The van der Waals surface area contributed by atoms with Crippen LogP contribution in [0.5, 0.6) is 0 Å². The van der Waals surface area contributed by atoms with Gasteiger partial charge in [-0.15, -0.1) is 0 Å². The third-order valence-corrected chi connectivity index (χ3v) is 3.60. The molecule has 19 heavy (non-hydrogen) atoms. The maximum Gasteiger partial charge on any atom is 0.219 e. The van der Waals surface area contributed by atoms with Crippen molar-refractivity contribution in [3.05, 3.63) is 35.9 Å².